The summed E-state index contributed by atoms with van der Waals surface area (Å²) in [6.07, 6.45) is 1.57. The van der Waals surface area contributed by atoms with Crippen molar-refractivity contribution in [2.45, 2.75) is 18.6 Å². The normalized spacial score (nSPS) is 11.1. The van der Waals surface area contributed by atoms with Crippen molar-refractivity contribution in [3.05, 3.63) is 42.4 Å². The van der Waals surface area contributed by atoms with Crippen LogP contribution in [-0.2, 0) is 11.3 Å². The fourth-order valence-corrected chi connectivity index (χ4v) is 3.25. The van der Waals surface area contributed by atoms with Gasteiger partial charge in [0.15, 0.2) is 5.65 Å². The molecule has 0 aliphatic carbocycles. The number of hydrogen-bond donors (Lipinski definition) is 2. The van der Waals surface area contributed by atoms with Gasteiger partial charge in [0, 0.05) is 10.9 Å². The van der Waals surface area contributed by atoms with Gasteiger partial charge in [0.05, 0.1) is 25.2 Å². The van der Waals surface area contributed by atoms with Crippen LogP contribution in [0.4, 0.5) is 0 Å². The van der Waals surface area contributed by atoms with Crippen LogP contribution in [0.5, 0.6) is 5.75 Å². The molecule has 1 amide bonds. The predicted molar refractivity (Wildman–Crippen MR) is 102 cm³/mol. The highest BCUT2D eigenvalue weighted by atomic mass is 32.2. The van der Waals surface area contributed by atoms with Crippen LogP contribution in [0.1, 0.15) is 12.7 Å². The number of amides is 1. The molecule has 0 bridgehead atoms. The number of aromatic nitrogens is 4. The molecule has 0 radical (unpaired) electrons. The first kappa shape index (κ1) is 17.3. The van der Waals surface area contributed by atoms with Gasteiger partial charge in [0.1, 0.15) is 17.0 Å². The highest BCUT2D eigenvalue weighted by Crippen LogP contribution is 2.27. The lowest BCUT2D eigenvalue weighted by Crippen LogP contribution is -2.24. The molecule has 2 N–H and O–H groups in total. The van der Waals surface area contributed by atoms with E-state index in [0.29, 0.717) is 35.2 Å². The Labute approximate surface area is 158 Å². The van der Waals surface area contributed by atoms with E-state index in [9.17, 15) is 4.79 Å². The number of ether oxygens (including phenoxy) is 1. The molecule has 0 aliphatic rings. The van der Waals surface area contributed by atoms with E-state index >= 15 is 0 Å². The number of fused-ring (bicyclic) bond motifs is 3. The van der Waals surface area contributed by atoms with Crippen molar-refractivity contribution >= 4 is 39.7 Å². The molecular formula is C18H17N5O3S. The zero-order valence-corrected chi connectivity index (χ0v) is 15.4. The summed E-state index contributed by atoms with van der Waals surface area (Å²) in [7, 11) is 0. The van der Waals surface area contributed by atoms with E-state index in [0.717, 1.165) is 16.7 Å². The fourth-order valence-electron chi connectivity index (χ4n) is 2.63. The average molecular weight is 383 g/mol. The Kier molecular flexibility index (Phi) is 4.93. The first-order chi connectivity index (χ1) is 13.2. The van der Waals surface area contributed by atoms with E-state index in [4.69, 9.17) is 9.15 Å². The molecule has 8 nitrogen and oxygen atoms in total. The van der Waals surface area contributed by atoms with Crippen LogP contribution in [0.3, 0.4) is 0 Å². The van der Waals surface area contributed by atoms with Crippen LogP contribution in [0, 0.1) is 0 Å². The van der Waals surface area contributed by atoms with E-state index in [1.807, 2.05) is 25.1 Å². The Morgan fingerprint density at radius 3 is 3.07 bits per heavy atom. The van der Waals surface area contributed by atoms with Gasteiger partial charge in [-0.2, -0.15) is 0 Å². The van der Waals surface area contributed by atoms with Crippen molar-refractivity contribution in [2.24, 2.45) is 0 Å². The lowest BCUT2D eigenvalue weighted by Gasteiger charge is -2.02. The van der Waals surface area contributed by atoms with Crippen molar-refractivity contribution in [3.8, 4) is 5.75 Å². The first-order valence-electron chi connectivity index (χ1n) is 8.44. The molecule has 3 aromatic heterocycles. The maximum atomic E-state index is 11.9. The molecule has 1 aromatic carbocycles. The third-order valence-corrected chi connectivity index (χ3v) is 4.69. The highest BCUT2D eigenvalue weighted by molar-refractivity contribution is 7.99. The number of furan rings is 1. The van der Waals surface area contributed by atoms with Crippen LogP contribution in [0.15, 0.2) is 46.2 Å². The van der Waals surface area contributed by atoms with Gasteiger partial charge in [-0.05, 0) is 37.3 Å². The highest BCUT2D eigenvalue weighted by Gasteiger charge is 2.12. The summed E-state index contributed by atoms with van der Waals surface area (Å²) in [5.74, 6) is 1.55. The lowest BCUT2D eigenvalue weighted by atomic mass is 10.2. The summed E-state index contributed by atoms with van der Waals surface area (Å²) in [6, 6.07) is 9.33. The van der Waals surface area contributed by atoms with E-state index in [1.165, 1.54) is 11.8 Å². The standard InChI is InChI=1S/C18H17N5O3S/c1-2-25-11-5-6-14-13(8-11)16-17(20-14)21-18(23-22-16)27-10-15(24)19-9-12-4-3-7-26-12/h3-8H,2,9-10H2,1H3,(H,19,24)(H,20,21,23). The van der Waals surface area contributed by atoms with Gasteiger partial charge in [-0.1, -0.05) is 11.8 Å². The van der Waals surface area contributed by atoms with Crippen LogP contribution in [-0.4, -0.2) is 38.4 Å². The van der Waals surface area contributed by atoms with E-state index < -0.39 is 0 Å². The SMILES string of the molecule is CCOc1ccc2[nH]c3nc(SCC(=O)NCc4ccco4)nnc3c2c1. The van der Waals surface area contributed by atoms with Gasteiger partial charge in [-0.25, -0.2) is 4.98 Å². The largest absolute Gasteiger partial charge is 0.494 e. The lowest BCUT2D eigenvalue weighted by molar-refractivity contribution is -0.118. The van der Waals surface area contributed by atoms with Crippen molar-refractivity contribution in [2.75, 3.05) is 12.4 Å². The predicted octanol–water partition coefficient (Wildman–Crippen LogP) is 2.91. The van der Waals surface area contributed by atoms with E-state index in [-0.39, 0.29) is 11.7 Å². The molecule has 138 valence electrons. The Bertz CT molecular complexity index is 1080. The minimum Gasteiger partial charge on any atom is -0.494 e. The zero-order chi connectivity index (χ0) is 18.6. The molecule has 0 saturated heterocycles. The molecular weight excluding hydrogens is 366 g/mol. The number of carbonyl (C=O) groups excluding carboxylic acids is 1. The molecule has 0 aliphatic heterocycles. The Hall–Kier alpha value is -3.07. The van der Waals surface area contributed by atoms with Gasteiger partial charge in [-0.15, -0.1) is 10.2 Å². The maximum absolute atomic E-state index is 11.9. The number of H-pyrrole nitrogens is 1. The quantitative estimate of drug-likeness (QED) is 0.473. The summed E-state index contributed by atoms with van der Waals surface area (Å²) in [5, 5.41) is 12.5. The second-order valence-corrected chi connectivity index (χ2v) is 6.64. The molecule has 0 saturated carbocycles. The zero-order valence-electron chi connectivity index (χ0n) is 14.6. The van der Waals surface area contributed by atoms with E-state index in [1.54, 1.807) is 18.4 Å². The second-order valence-electron chi connectivity index (χ2n) is 5.70. The van der Waals surface area contributed by atoms with Gasteiger partial charge in [0.2, 0.25) is 11.1 Å². The summed E-state index contributed by atoms with van der Waals surface area (Å²) >= 11 is 1.23. The van der Waals surface area contributed by atoms with Gasteiger partial charge >= 0.3 is 0 Å². The number of aromatic amines is 1. The maximum Gasteiger partial charge on any atom is 0.230 e. The Morgan fingerprint density at radius 1 is 1.33 bits per heavy atom. The number of nitrogens with one attached hydrogen (secondary N) is 2. The molecule has 0 fully saturated rings. The number of nitrogens with zero attached hydrogens (tertiary/aromatic N) is 3. The van der Waals surface area contributed by atoms with E-state index in [2.05, 4.69) is 25.5 Å². The summed E-state index contributed by atoms with van der Waals surface area (Å²) in [5.41, 5.74) is 2.22. The van der Waals surface area contributed by atoms with Crippen molar-refractivity contribution in [3.63, 3.8) is 0 Å². The summed E-state index contributed by atoms with van der Waals surface area (Å²) in [4.78, 5) is 19.6. The van der Waals surface area contributed by atoms with Crippen LogP contribution in [0.25, 0.3) is 22.1 Å². The number of thioether (sulfide) groups is 1. The topological polar surface area (TPSA) is 106 Å². The molecule has 4 rings (SSSR count). The molecule has 0 spiro atoms. The summed E-state index contributed by atoms with van der Waals surface area (Å²) in [6.45, 7) is 2.89. The van der Waals surface area contributed by atoms with Crippen molar-refractivity contribution in [1.82, 2.24) is 25.5 Å². The second kappa shape index (κ2) is 7.67. The smallest absolute Gasteiger partial charge is 0.230 e. The van der Waals surface area contributed by atoms with Crippen LogP contribution < -0.4 is 10.1 Å². The van der Waals surface area contributed by atoms with Crippen LogP contribution in [0.2, 0.25) is 0 Å². The number of carbonyl (C=O) groups is 1. The first-order valence-corrected chi connectivity index (χ1v) is 9.42. The molecule has 4 aromatic rings. The Morgan fingerprint density at radius 2 is 2.26 bits per heavy atom. The molecule has 9 heteroatoms. The third-order valence-electron chi connectivity index (χ3n) is 3.85. The van der Waals surface area contributed by atoms with Crippen molar-refractivity contribution < 1.29 is 13.9 Å². The molecule has 3 heterocycles. The number of hydrogen-bond acceptors (Lipinski definition) is 7. The fraction of sp³-hybridized carbons (Fsp3) is 0.222. The monoisotopic (exact) mass is 383 g/mol. The number of benzene rings is 1. The number of rotatable bonds is 7. The summed E-state index contributed by atoms with van der Waals surface area (Å²) < 4.78 is 10.7. The van der Waals surface area contributed by atoms with Crippen molar-refractivity contribution in [1.29, 1.82) is 0 Å². The average Bonchev–Trinajstić information content (AvgIpc) is 3.32. The van der Waals surface area contributed by atoms with Gasteiger partial charge in [0.25, 0.3) is 0 Å². The molecule has 0 atom stereocenters. The third kappa shape index (κ3) is 3.87. The minimum absolute atomic E-state index is 0.127. The molecule has 27 heavy (non-hydrogen) atoms. The minimum atomic E-state index is -0.127. The van der Waals surface area contributed by atoms with Crippen LogP contribution >= 0.6 is 11.8 Å². The molecule has 0 unspecified atom stereocenters. The van der Waals surface area contributed by atoms with Gasteiger partial charge in [-0.3, -0.25) is 4.79 Å². The Balaban J connectivity index is 1.45. The van der Waals surface area contributed by atoms with Gasteiger partial charge < -0.3 is 19.5 Å².